The Hall–Kier alpha value is -2.84. The molecule has 8 heteroatoms. The predicted molar refractivity (Wildman–Crippen MR) is 128 cm³/mol. The van der Waals surface area contributed by atoms with Crippen LogP contribution in [0.3, 0.4) is 0 Å². The number of hydrogen-bond donors (Lipinski definition) is 2. The summed E-state index contributed by atoms with van der Waals surface area (Å²) in [6.07, 6.45) is 1.87. The van der Waals surface area contributed by atoms with Gasteiger partial charge in [0.05, 0.1) is 12.0 Å². The molecule has 2 N–H and O–H groups in total. The molecule has 0 saturated carbocycles. The second-order valence-corrected chi connectivity index (χ2v) is 7.61. The predicted octanol–water partition coefficient (Wildman–Crippen LogP) is 2.15. The molecule has 3 aromatic rings. The van der Waals surface area contributed by atoms with E-state index in [2.05, 4.69) is 16.4 Å². The average molecular weight is 469 g/mol. The summed E-state index contributed by atoms with van der Waals surface area (Å²) in [6, 6.07) is 26.2. The van der Waals surface area contributed by atoms with Crippen LogP contribution in [0.15, 0.2) is 82.7 Å². The van der Waals surface area contributed by atoms with E-state index in [9.17, 15) is 4.79 Å². The molecule has 0 atom stereocenters. The van der Waals surface area contributed by atoms with E-state index in [1.165, 1.54) is 11.8 Å². The number of nitrogens with one attached hydrogen (secondary N) is 1. The van der Waals surface area contributed by atoms with Gasteiger partial charge in [-0.2, -0.15) is 18.2 Å². The van der Waals surface area contributed by atoms with Crippen LogP contribution < -0.4 is 39.6 Å². The van der Waals surface area contributed by atoms with Crippen molar-refractivity contribution in [1.29, 1.82) is 0 Å². The van der Waals surface area contributed by atoms with E-state index < -0.39 is 5.97 Å². The molecule has 4 rings (SSSR count). The number of hydrogen-bond acceptors (Lipinski definition) is 5. The summed E-state index contributed by atoms with van der Waals surface area (Å²) >= 11 is 1.34. The van der Waals surface area contributed by atoms with Gasteiger partial charge in [0, 0.05) is 12.5 Å². The normalized spacial score (nSPS) is 14.7. The molecule has 162 valence electrons. The number of benzene rings is 3. The van der Waals surface area contributed by atoms with Gasteiger partial charge in [0.1, 0.15) is 5.75 Å². The summed E-state index contributed by atoms with van der Waals surface area (Å²) < 4.78 is 5.43. The molecule has 1 fully saturated rings. The molecule has 1 aliphatic rings. The Labute approximate surface area is 219 Å². The van der Waals surface area contributed by atoms with Crippen molar-refractivity contribution in [3.63, 3.8) is 0 Å². The number of methoxy groups -OCH3 is 1. The fourth-order valence-electron chi connectivity index (χ4n) is 2.84. The fraction of sp³-hybridized carbons (Fsp3) is 0.0800. The summed E-state index contributed by atoms with van der Waals surface area (Å²) in [5.74, 6) is -0.140. The first-order valence-corrected chi connectivity index (χ1v) is 10.5. The third-order valence-corrected chi connectivity index (χ3v) is 5.12. The molecule has 1 heterocycles. The van der Waals surface area contributed by atoms with Crippen molar-refractivity contribution in [2.24, 2.45) is 4.99 Å². The zero-order valence-corrected chi connectivity index (χ0v) is 21.3. The van der Waals surface area contributed by atoms with Crippen LogP contribution in [-0.2, 0) is 9.59 Å². The Morgan fingerprint density at radius 2 is 1.73 bits per heavy atom. The minimum Gasteiger partial charge on any atom is -0.496 e. The van der Waals surface area contributed by atoms with Gasteiger partial charge in [-0.25, -0.2) is 0 Å². The standard InChI is InChI=1S/C23H17N2O2S.C2H4O2.Na/c1-27-20-10-6-5-9-19(20)17-13-11-16(12-14-17)15-21-22(26)25-23(28-21)24-18-7-3-2-4-8-18;1-2(3)4;/h3-15H,1H3,(H,24,25,26);1H3,(H,3,4);/q-1;;+1/b21-15-;;. The Balaban J connectivity index is 0.000000714. The second-order valence-electron chi connectivity index (χ2n) is 6.58. The molecule has 0 aliphatic carbocycles. The van der Waals surface area contributed by atoms with Crippen LogP contribution in [0.2, 0.25) is 0 Å². The van der Waals surface area contributed by atoms with Crippen molar-refractivity contribution in [3.05, 3.63) is 89.3 Å². The van der Waals surface area contributed by atoms with Crippen LogP contribution >= 0.6 is 11.8 Å². The van der Waals surface area contributed by atoms with Crippen LogP contribution in [0.4, 0.5) is 5.69 Å². The number of carboxylic acid groups (broad SMARTS) is 1. The molecule has 0 bridgehead atoms. The van der Waals surface area contributed by atoms with E-state index in [0.717, 1.165) is 35.1 Å². The maximum Gasteiger partial charge on any atom is 1.00 e. The number of nitrogens with zero attached hydrogens (tertiary/aromatic N) is 1. The van der Waals surface area contributed by atoms with E-state index in [1.54, 1.807) is 19.2 Å². The van der Waals surface area contributed by atoms with E-state index in [0.29, 0.717) is 10.1 Å². The quantitative estimate of drug-likeness (QED) is 0.348. The minimum absolute atomic E-state index is 0. The van der Waals surface area contributed by atoms with Crippen LogP contribution in [-0.4, -0.2) is 29.3 Å². The van der Waals surface area contributed by atoms with Gasteiger partial charge >= 0.3 is 29.6 Å². The number of amides is 1. The van der Waals surface area contributed by atoms with Crippen LogP contribution in [0, 0.1) is 6.07 Å². The molecule has 1 aliphatic heterocycles. The molecule has 6 nitrogen and oxygen atoms in total. The number of rotatable bonds is 4. The van der Waals surface area contributed by atoms with Crippen LogP contribution in [0.1, 0.15) is 12.5 Å². The molecule has 33 heavy (non-hydrogen) atoms. The van der Waals surface area contributed by atoms with Crippen molar-refractivity contribution in [2.45, 2.75) is 6.92 Å². The van der Waals surface area contributed by atoms with Gasteiger partial charge in [0.15, 0.2) is 5.17 Å². The molecule has 1 saturated heterocycles. The van der Waals surface area contributed by atoms with Gasteiger partial charge in [-0.1, -0.05) is 42.5 Å². The summed E-state index contributed by atoms with van der Waals surface area (Å²) in [4.78, 5) is 26.3. The number of amidine groups is 1. The van der Waals surface area contributed by atoms with E-state index in [-0.39, 0.29) is 35.5 Å². The third kappa shape index (κ3) is 7.91. The Morgan fingerprint density at radius 1 is 1.09 bits per heavy atom. The fourth-order valence-corrected chi connectivity index (χ4v) is 3.69. The smallest absolute Gasteiger partial charge is 0.496 e. The molecular formula is C25H21N2NaO4S. The minimum atomic E-state index is -0.833. The number of carbonyl (C=O) groups excluding carboxylic acids is 1. The summed E-state index contributed by atoms with van der Waals surface area (Å²) in [5, 5.41) is 10.8. The summed E-state index contributed by atoms with van der Waals surface area (Å²) in [7, 11) is 1.67. The van der Waals surface area contributed by atoms with Crippen molar-refractivity contribution in [1.82, 2.24) is 5.32 Å². The zero-order valence-electron chi connectivity index (χ0n) is 18.5. The number of aliphatic imine (C=N–C) groups is 1. The maximum absolute atomic E-state index is 12.2. The third-order valence-electron chi connectivity index (χ3n) is 4.21. The maximum atomic E-state index is 12.2. The van der Waals surface area contributed by atoms with Gasteiger partial charge in [0.2, 0.25) is 0 Å². The molecule has 0 aromatic heterocycles. The largest absolute Gasteiger partial charge is 1.00 e. The molecule has 0 spiro atoms. The van der Waals surface area contributed by atoms with Crippen LogP contribution in [0.5, 0.6) is 5.75 Å². The number of ether oxygens (including phenoxy) is 1. The van der Waals surface area contributed by atoms with Crippen molar-refractivity contribution < 1.29 is 49.0 Å². The summed E-state index contributed by atoms with van der Waals surface area (Å²) in [5.41, 5.74) is 3.83. The van der Waals surface area contributed by atoms with Gasteiger partial charge in [-0.15, -0.1) is 12.1 Å². The first-order chi connectivity index (χ1) is 15.5. The molecule has 1 amide bonds. The van der Waals surface area contributed by atoms with Crippen molar-refractivity contribution in [3.8, 4) is 16.9 Å². The van der Waals surface area contributed by atoms with Crippen molar-refractivity contribution in [2.75, 3.05) is 7.11 Å². The number of para-hydroxylation sites is 1. The first-order valence-electron chi connectivity index (χ1n) is 9.65. The molecule has 0 unspecified atom stereocenters. The topological polar surface area (TPSA) is 88.0 Å². The second kappa shape index (κ2) is 13.0. The van der Waals surface area contributed by atoms with Gasteiger partial charge < -0.3 is 15.2 Å². The van der Waals surface area contributed by atoms with Crippen molar-refractivity contribution >= 4 is 40.6 Å². The Kier molecular flexibility index (Phi) is 10.4. The van der Waals surface area contributed by atoms with Gasteiger partial charge in [-0.3, -0.25) is 14.6 Å². The van der Waals surface area contributed by atoms with Crippen LogP contribution in [0.25, 0.3) is 17.2 Å². The van der Waals surface area contributed by atoms with E-state index in [4.69, 9.17) is 14.6 Å². The molecule has 0 radical (unpaired) electrons. The Bertz CT molecular complexity index is 1160. The number of aliphatic carboxylic acids is 1. The van der Waals surface area contributed by atoms with E-state index >= 15 is 0 Å². The molecular weight excluding hydrogens is 447 g/mol. The SMILES string of the molecule is CC(=O)O.COc1ccccc1-c1ccc(/C=C2\SC(=Nc3cc[c-]cc3)NC2=O)cc1.[Na+]. The number of carbonyl (C=O) groups is 2. The summed E-state index contributed by atoms with van der Waals surface area (Å²) in [6.45, 7) is 1.08. The number of carboxylic acids is 1. The zero-order chi connectivity index (χ0) is 22.9. The first kappa shape index (κ1) is 26.4. The number of thioether (sulfide) groups is 1. The van der Waals surface area contributed by atoms with Gasteiger partial charge in [0.25, 0.3) is 11.9 Å². The molecule has 3 aromatic carbocycles. The van der Waals surface area contributed by atoms with Gasteiger partial charge in [-0.05, 0) is 40.7 Å². The Morgan fingerprint density at radius 3 is 2.36 bits per heavy atom. The average Bonchev–Trinajstić information content (AvgIpc) is 3.13. The van der Waals surface area contributed by atoms with E-state index in [1.807, 2.05) is 66.7 Å². The monoisotopic (exact) mass is 468 g/mol.